The molecule has 2 aliphatic rings. The molecule has 2 aliphatic heterocycles. The van der Waals surface area contributed by atoms with Gasteiger partial charge < -0.3 is 66.1 Å². The summed E-state index contributed by atoms with van der Waals surface area (Å²) in [4.78, 5) is 165. The SMILES string of the molecule is CC[C@H](C)[C@@H]([C@@H](CC(=O)N1CCC[C@H]1[C@H](OC)[C@@H](C)C(=O)N[C@H](C)[C@@H](O)c1ccccc1)OC)N(C)C(=O)[C@@H](NC(=O)C(C(C)C)N(C)C(=O)OCc1ccc(NC(=O)[C@H](CCC(=O)O)NC(=O)[C@H](C)NC(=O)[C@@H](CC(C)C)NC(=O)CCN2C(=O)C=CC2=O)cc1)C(C)C. The van der Waals surface area contributed by atoms with Crippen molar-refractivity contribution in [2.75, 3.05) is 46.7 Å². The van der Waals surface area contributed by atoms with Crippen molar-refractivity contribution in [3.63, 3.8) is 0 Å². The maximum absolute atomic E-state index is 14.8. The van der Waals surface area contributed by atoms with Gasteiger partial charge >= 0.3 is 12.1 Å². The van der Waals surface area contributed by atoms with E-state index in [0.717, 1.165) is 22.0 Å². The van der Waals surface area contributed by atoms with Crippen LogP contribution in [0.25, 0.3) is 0 Å². The molecule has 13 atom stereocenters. The predicted molar refractivity (Wildman–Crippen MR) is 352 cm³/mol. The zero-order valence-corrected chi connectivity index (χ0v) is 57.7. The second-order valence-corrected chi connectivity index (χ2v) is 25.9. The summed E-state index contributed by atoms with van der Waals surface area (Å²) in [7, 11) is 6.02. The second kappa shape index (κ2) is 37.7. The highest BCUT2D eigenvalue weighted by Gasteiger charge is 2.44. The van der Waals surface area contributed by atoms with Gasteiger partial charge in [-0.05, 0) is 86.5 Å². The van der Waals surface area contributed by atoms with Crippen molar-refractivity contribution in [2.45, 2.75) is 201 Å². The van der Waals surface area contributed by atoms with Crippen LogP contribution in [0, 0.1) is 29.6 Å². The Hall–Kier alpha value is -8.30. The molecular weight excluding hydrogens is 1230 g/mol. The first-order valence-electron chi connectivity index (χ1n) is 32.7. The number of carboxylic acid groups (broad SMARTS) is 1. The van der Waals surface area contributed by atoms with E-state index in [1.54, 1.807) is 77.8 Å². The smallest absolute Gasteiger partial charge is 0.410 e. The van der Waals surface area contributed by atoms with E-state index in [0.29, 0.717) is 36.9 Å². The van der Waals surface area contributed by atoms with Gasteiger partial charge in [0.25, 0.3) is 11.8 Å². The summed E-state index contributed by atoms with van der Waals surface area (Å²) >= 11 is 0. The minimum absolute atomic E-state index is 0.0933. The first-order chi connectivity index (χ1) is 44.8. The fraction of sp³-hybridized carbons (Fsp3) is 0.618. The lowest BCUT2D eigenvalue weighted by atomic mass is 9.89. The van der Waals surface area contributed by atoms with E-state index < -0.39 is 150 Å². The summed E-state index contributed by atoms with van der Waals surface area (Å²) in [6, 6.07) is 7.44. The largest absolute Gasteiger partial charge is 0.481 e. The average molecular weight is 1330 g/mol. The van der Waals surface area contributed by atoms with E-state index in [4.69, 9.17) is 14.2 Å². The number of methoxy groups -OCH3 is 2. The number of anilines is 1. The number of likely N-dealkylation sites (N-methyl/N-ethyl adjacent to an activating group) is 2. The predicted octanol–water partition coefficient (Wildman–Crippen LogP) is 4.22. The maximum atomic E-state index is 14.8. The molecule has 27 nitrogen and oxygen atoms in total. The van der Waals surface area contributed by atoms with Crippen LogP contribution in [0.4, 0.5) is 10.5 Å². The number of ether oxygens (including phenoxy) is 3. The van der Waals surface area contributed by atoms with Crippen molar-refractivity contribution in [1.82, 2.24) is 46.2 Å². The zero-order chi connectivity index (χ0) is 71.1. The quantitative estimate of drug-likeness (QED) is 0.0439. The van der Waals surface area contributed by atoms with Gasteiger partial charge in [-0.3, -0.25) is 62.5 Å². The van der Waals surface area contributed by atoms with Crippen molar-refractivity contribution in [2.24, 2.45) is 29.6 Å². The molecule has 0 spiro atoms. The van der Waals surface area contributed by atoms with E-state index in [-0.39, 0.29) is 68.2 Å². The lowest BCUT2D eigenvalue weighted by molar-refractivity contribution is -0.148. The van der Waals surface area contributed by atoms with Gasteiger partial charge in [0.15, 0.2) is 0 Å². The summed E-state index contributed by atoms with van der Waals surface area (Å²) in [6.07, 6.45) is -0.297. The van der Waals surface area contributed by atoms with Gasteiger partial charge in [-0.2, -0.15) is 0 Å². The number of likely N-dealkylation sites (tertiary alicyclic amines) is 1. The number of carbonyl (C=O) groups excluding carboxylic acids is 11. The number of aliphatic hydroxyl groups is 1. The van der Waals surface area contributed by atoms with Gasteiger partial charge in [0.05, 0.1) is 48.8 Å². The molecule has 0 aliphatic carbocycles. The lowest BCUT2D eigenvalue weighted by Crippen LogP contribution is -2.60. The molecule has 2 aromatic carbocycles. The fourth-order valence-electron chi connectivity index (χ4n) is 11.9. The number of benzene rings is 2. The molecule has 27 heteroatoms. The molecule has 11 amide bonds. The number of aliphatic carboxylic acids is 1. The molecule has 1 fully saturated rings. The molecule has 0 bridgehead atoms. The Morgan fingerprint density at radius 3 is 1.88 bits per heavy atom. The molecule has 4 rings (SSSR count). The number of amides is 11. The number of hydrogen-bond acceptors (Lipinski definition) is 16. The van der Waals surface area contributed by atoms with Crippen LogP contribution >= 0.6 is 0 Å². The minimum Gasteiger partial charge on any atom is -0.481 e. The van der Waals surface area contributed by atoms with Gasteiger partial charge in [0, 0.05) is 72.1 Å². The monoisotopic (exact) mass is 1330 g/mol. The van der Waals surface area contributed by atoms with E-state index in [1.807, 2.05) is 45.9 Å². The van der Waals surface area contributed by atoms with E-state index >= 15 is 0 Å². The number of nitrogens with one attached hydrogen (secondary N) is 6. The third kappa shape index (κ3) is 23.0. The van der Waals surface area contributed by atoms with Crippen molar-refractivity contribution in [3.8, 4) is 0 Å². The van der Waals surface area contributed by atoms with Crippen LogP contribution in [0.5, 0.6) is 0 Å². The van der Waals surface area contributed by atoms with Gasteiger partial charge in [0.1, 0.15) is 36.8 Å². The van der Waals surface area contributed by atoms with Crippen molar-refractivity contribution in [1.29, 1.82) is 0 Å². The molecular formula is C68H102N10O17. The Bertz CT molecular complexity index is 2980. The Kier molecular flexibility index (Phi) is 31.4. The number of rotatable bonds is 37. The molecule has 95 heavy (non-hydrogen) atoms. The molecule has 1 unspecified atom stereocenters. The number of hydrogen-bond donors (Lipinski definition) is 8. The van der Waals surface area contributed by atoms with Crippen LogP contribution in [0.2, 0.25) is 0 Å². The minimum atomic E-state index is -1.39. The molecule has 526 valence electrons. The molecule has 2 heterocycles. The molecule has 0 aromatic heterocycles. The van der Waals surface area contributed by atoms with Gasteiger partial charge in [-0.15, -0.1) is 0 Å². The van der Waals surface area contributed by atoms with Crippen molar-refractivity contribution >= 4 is 76.8 Å². The first-order valence-corrected chi connectivity index (χ1v) is 32.7. The Labute approximate surface area is 557 Å². The Morgan fingerprint density at radius 2 is 1.33 bits per heavy atom. The van der Waals surface area contributed by atoms with Crippen LogP contribution < -0.4 is 31.9 Å². The number of aliphatic hydroxyl groups excluding tert-OH is 1. The highest BCUT2D eigenvalue weighted by molar-refractivity contribution is 6.13. The van der Waals surface area contributed by atoms with Crippen LogP contribution in [0.1, 0.15) is 145 Å². The first kappa shape index (κ1) is 79.1. The molecule has 0 saturated carbocycles. The topological polar surface area (TPSA) is 358 Å². The summed E-state index contributed by atoms with van der Waals surface area (Å²) in [6.45, 7) is 19.3. The standard InChI is InChI=1S/C68H102N10O17/c1-16-41(8)59(51(93-14)36-55(82)77-33-20-23-50(77)61(94-15)42(9)62(86)69-43(10)60(85)46-21-18-17-19-22-46)75(12)67(91)57(39(4)5)74-66(90)58(40(6)7)76(13)68(92)95-37-45-24-26-47(27-25-45)71-64(88)48(28-31-56(83)84)73-63(87)44(11)70-65(89)49(35-38(2)3)72-52(79)32-34-78-53(80)29-30-54(78)81/h17-19,21-22,24-27,29-30,38-44,48-51,57-61,85H,16,20,23,28,31-37H2,1-15H3,(H,69,86)(H,70,89)(H,71,88)(H,72,79)(H,73,87)(H,74,90)(H,83,84)/t41-,42+,43+,44-,48-,49+,50-,51+,57-,58?,59-,60+,61+/m0/s1. The summed E-state index contributed by atoms with van der Waals surface area (Å²) in [5.41, 5.74) is 1.36. The molecule has 8 N–H and O–H groups in total. The summed E-state index contributed by atoms with van der Waals surface area (Å²) < 4.78 is 17.7. The van der Waals surface area contributed by atoms with E-state index in [2.05, 4.69) is 31.9 Å². The zero-order valence-electron chi connectivity index (χ0n) is 57.7. The summed E-state index contributed by atoms with van der Waals surface area (Å²) in [5.74, 6) is -8.86. The fourth-order valence-corrected chi connectivity index (χ4v) is 11.9. The third-order valence-corrected chi connectivity index (χ3v) is 17.5. The average Bonchev–Trinajstić information content (AvgIpc) is 1.96. The third-order valence-electron chi connectivity index (χ3n) is 17.5. The number of imide groups is 1. The maximum Gasteiger partial charge on any atom is 0.410 e. The lowest BCUT2D eigenvalue weighted by Gasteiger charge is -2.41. The van der Waals surface area contributed by atoms with Gasteiger partial charge in [0.2, 0.25) is 47.3 Å². The van der Waals surface area contributed by atoms with Gasteiger partial charge in [-0.1, -0.05) is 111 Å². The molecule has 0 radical (unpaired) electrons. The number of nitrogens with zero attached hydrogens (tertiary/aromatic N) is 4. The summed E-state index contributed by atoms with van der Waals surface area (Å²) in [5, 5.41) is 36.5. The number of carbonyl (C=O) groups is 12. The highest BCUT2D eigenvalue weighted by atomic mass is 16.6. The van der Waals surface area contributed by atoms with Crippen molar-refractivity contribution < 1.29 is 82.0 Å². The van der Waals surface area contributed by atoms with Crippen LogP contribution in [-0.2, 0) is 73.6 Å². The Morgan fingerprint density at radius 1 is 0.695 bits per heavy atom. The second-order valence-electron chi connectivity index (χ2n) is 25.9. The van der Waals surface area contributed by atoms with E-state index in [1.165, 1.54) is 45.2 Å². The van der Waals surface area contributed by atoms with Crippen LogP contribution in [0.15, 0.2) is 66.7 Å². The highest BCUT2D eigenvalue weighted by Crippen LogP contribution is 2.31. The Balaban J connectivity index is 1.37. The van der Waals surface area contributed by atoms with E-state index in [9.17, 15) is 67.7 Å². The van der Waals surface area contributed by atoms with Crippen LogP contribution in [-0.4, -0.2) is 203 Å². The van der Waals surface area contributed by atoms with Gasteiger partial charge in [-0.25, -0.2) is 4.79 Å². The van der Waals surface area contributed by atoms with Crippen molar-refractivity contribution in [3.05, 3.63) is 77.9 Å². The number of carboxylic acids is 1. The normalized spacial score (nSPS) is 17.7. The molecule has 1 saturated heterocycles. The van der Waals surface area contributed by atoms with Crippen LogP contribution in [0.3, 0.4) is 0 Å². The molecule has 2 aromatic rings.